The minimum absolute atomic E-state index is 0.117. The first kappa shape index (κ1) is 16.0. The van der Waals surface area contributed by atoms with Gasteiger partial charge in [0.1, 0.15) is 0 Å². The van der Waals surface area contributed by atoms with E-state index in [2.05, 4.69) is 20.8 Å². The molecular weight excluding hydrogens is 244 g/mol. The Morgan fingerprint density at radius 1 is 1.16 bits per heavy atom. The Labute approximate surface area is 115 Å². The van der Waals surface area contributed by atoms with Crippen molar-refractivity contribution in [2.24, 2.45) is 23.2 Å². The lowest BCUT2D eigenvalue weighted by Gasteiger charge is -2.48. The van der Waals surface area contributed by atoms with Gasteiger partial charge in [0.25, 0.3) is 0 Å². The van der Waals surface area contributed by atoms with Gasteiger partial charge >= 0.3 is 11.9 Å². The number of esters is 2. The Bertz CT molecular complexity index is 339. The average molecular weight is 270 g/mol. The van der Waals surface area contributed by atoms with Crippen LogP contribution in [0.1, 0.15) is 46.5 Å². The Hall–Kier alpha value is -1.06. The summed E-state index contributed by atoms with van der Waals surface area (Å²) in [7, 11) is 2.83. The number of rotatable bonds is 4. The van der Waals surface area contributed by atoms with E-state index >= 15 is 0 Å². The molecule has 0 heterocycles. The van der Waals surface area contributed by atoms with Gasteiger partial charge in [-0.1, -0.05) is 20.8 Å². The molecular formula is C15H26O4. The molecule has 1 rings (SSSR count). The summed E-state index contributed by atoms with van der Waals surface area (Å²) in [5.41, 5.74) is -0.195. The molecule has 0 N–H and O–H groups in total. The van der Waals surface area contributed by atoms with E-state index in [-0.39, 0.29) is 23.3 Å². The maximum Gasteiger partial charge on any atom is 0.309 e. The molecule has 1 aliphatic carbocycles. The molecule has 0 radical (unpaired) electrons. The van der Waals surface area contributed by atoms with Crippen LogP contribution < -0.4 is 0 Å². The molecule has 0 saturated heterocycles. The number of carbonyl (C=O) groups excluding carboxylic acids is 2. The first-order valence-electron chi connectivity index (χ1n) is 7.01. The van der Waals surface area contributed by atoms with Gasteiger partial charge in [-0.3, -0.25) is 9.59 Å². The molecule has 0 aromatic heterocycles. The van der Waals surface area contributed by atoms with Gasteiger partial charge in [0.15, 0.2) is 0 Å². The predicted octanol–water partition coefficient (Wildman–Crippen LogP) is 2.80. The summed E-state index contributed by atoms with van der Waals surface area (Å²) < 4.78 is 9.66. The first-order valence-corrected chi connectivity index (χ1v) is 7.01. The Morgan fingerprint density at radius 2 is 1.79 bits per heavy atom. The highest BCUT2D eigenvalue weighted by atomic mass is 16.5. The van der Waals surface area contributed by atoms with Crippen molar-refractivity contribution in [2.45, 2.75) is 46.5 Å². The van der Waals surface area contributed by atoms with Gasteiger partial charge in [0.2, 0.25) is 0 Å². The van der Waals surface area contributed by atoms with Crippen LogP contribution >= 0.6 is 0 Å². The summed E-state index contributed by atoms with van der Waals surface area (Å²) >= 11 is 0. The van der Waals surface area contributed by atoms with Gasteiger partial charge in [-0.25, -0.2) is 0 Å². The third-order valence-corrected chi connectivity index (χ3v) is 5.18. The normalized spacial score (nSPS) is 34.7. The van der Waals surface area contributed by atoms with Crippen LogP contribution in [0.5, 0.6) is 0 Å². The molecule has 1 saturated carbocycles. The van der Waals surface area contributed by atoms with E-state index in [1.165, 1.54) is 14.2 Å². The number of hydrogen-bond donors (Lipinski definition) is 0. The monoisotopic (exact) mass is 270 g/mol. The highest BCUT2D eigenvalue weighted by Gasteiger charge is 2.48. The van der Waals surface area contributed by atoms with Crippen molar-refractivity contribution >= 4 is 11.9 Å². The van der Waals surface area contributed by atoms with E-state index in [0.29, 0.717) is 24.7 Å². The van der Waals surface area contributed by atoms with Crippen molar-refractivity contribution in [3.05, 3.63) is 0 Å². The zero-order valence-electron chi connectivity index (χ0n) is 12.7. The third kappa shape index (κ3) is 3.28. The molecule has 0 aliphatic heterocycles. The number of ether oxygens (including phenoxy) is 2. The van der Waals surface area contributed by atoms with E-state index in [0.717, 1.165) is 12.8 Å². The average Bonchev–Trinajstić information content (AvgIpc) is 2.41. The Morgan fingerprint density at radius 3 is 2.32 bits per heavy atom. The van der Waals surface area contributed by atoms with Crippen molar-refractivity contribution in [3.8, 4) is 0 Å². The first-order chi connectivity index (χ1) is 8.86. The van der Waals surface area contributed by atoms with Crippen molar-refractivity contribution in [3.63, 3.8) is 0 Å². The second-order valence-electron chi connectivity index (χ2n) is 6.00. The van der Waals surface area contributed by atoms with Gasteiger partial charge in [-0.2, -0.15) is 0 Å². The zero-order chi connectivity index (χ0) is 14.6. The van der Waals surface area contributed by atoms with Crippen LogP contribution in [-0.4, -0.2) is 26.2 Å². The fourth-order valence-corrected chi connectivity index (χ4v) is 3.38. The molecule has 110 valence electrons. The molecule has 0 bridgehead atoms. The lowest BCUT2D eigenvalue weighted by Crippen LogP contribution is -2.45. The summed E-state index contributed by atoms with van der Waals surface area (Å²) in [6, 6.07) is 0. The predicted molar refractivity (Wildman–Crippen MR) is 72.4 cm³/mol. The van der Waals surface area contributed by atoms with Gasteiger partial charge < -0.3 is 9.47 Å². The Balaban J connectivity index is 2.90. The van der Waals surface area contributed by atoms with Crippen LogP contribution in [0.25, 0.3) is 0 Å². The molecule has 1 fully saturated rings. The minimum Gasteiger partial charge on any atom is -0.469 e. The zero-order valence-corrected chi connectivity index (χ0v) is 12.7. The molecule has 0 unspecified atom stereocenters. The number of carbonyl (C=O) groups is 2. The van der Waals surface area contributed by atoms with Crippen molar-refractivity contribution in [1.29, 1.82) is 0 Å². The second kappa shape index (κ2) is 6.40. The topological polar surface area (TPSA) is 52.6 Å². The maximum atomic E-state index is 12.0. The standard InChI is InChI=1S/C15H26O4/c1-10-6-7-12(14(17)19-5)15(3,11(10)2)9-8-13(16)18-4/h10-12H,6-9H2,1-5H3/t10-,11+,12-,15-/m0/s1. The van der Waals surface area contributed by atoms with E-state index < -0.39 is 0 Å². The molecule has 4 heteroatoms. The lowest BCUT2D eigenvalue weighted by atomic mass is 9.56. The Kier molecular flexibility index (Phi) is 5.39. The highest BCUT2D eigenvalue weighted by molar-refractivity contribution is 5.74. The molecule has 0 aromatic rings. The van der Waals surface area contributed by atoms with E-state index in [1.807, 2.05) is 0 Å². The minimum atomic E-state index is -0.213. The van der Waals surface area contributed by atoms with Gasteiger partial charge in [0.05, 0.1) is 20.1 Å². The fraction of sp³-hybridized carbons (Fsp3) is 0.867. The van der Waals surface area contributed by atoms with Crippen LogP contribution in [0.2, 0.25) is 0 Å². The molecule has 0 amide bonds. The van der Waals surface area contributed by atoms with E-state index in [9.17, 15) is 9.59 Å². The molecule has 4 atom stereocenters. The van der Waals surface area contributed by atoms with Gasteiger partial charge in [-0.15, -0.1) is 0 Å². The summed E-state index contributed by atoms with van der Waals surface area (Å²) in [5, 5.41) is 0. The van der Waals surface area contributed by atoms with Crippen molar-refractivity contribution in [2.75, 3.05) is 14.2 Å². The summed E-state index contributed by atoms with van der Waals surface area (Å²) in [6.07, 6.45) is 2.91. The summed E-state index contributed by atoms with van der Waals surface area (Å²) in [4.78, 5) is 23.4. The van der Waals surface area contributed by atoms with E-state index in [4.69, 9.17) is 9.47 Å². The van der Waals surface area contributed by atoms with Crippen molar-refractivity contribution in [1.82, 2.24) is 0 Å². The van der Waals surface area contributed by atoms with Crippen LogP contribution in [0.15, 0.2) is 0 Å². The summed E-state index contributed by atoms with van der Waals surface area (Å²) in [5.74, 6) is 0.466. The second-order valence-corrected chi connectivity index (χ2v) is 6.00. The van der Waals surface area contributed by atoms with Crippen LogP contribution in [-0.2, 0) is 19.1 Å². The molecule has 0 spiro atoms. The quantitative estimate of drug-likeness (QED) is 0.737. The SMILES string of the molecule is COC(=O)CC[C@@]1(C)[C@H](C)[C@@H](C)CC[C@H]1C(=O)OC. The number of methoxy groups -OCH3 is 2. The molecule has 0 aromatic carbocycles. The fourth-order valence-electron chi connectivity index (χ4n) is 3.38. The van der Waals surface area contributed by atoms with Gasteiger partial charge in [-0.05, 0) is 36.5 Å². The lowest BCUT2D eigenvalue weighted by molar-refractivity contribution is -0.158. The third-order valence-electron chi connectivity index (χ3n) is 5.18. The molecule has 1 aliphatic rings. The maximum absolute atomic E-state index is 12.0. The summed E-state index contributed by atoms with van der Waals surface area (Å²) in [6.45, 7) is 6.50. The van der Waals surface area contributed by atoms with Gasteiger partial charge in [0, 0.05) is 6.42 Å². The molecule has 4 nitrogen and oxygen atoms in total. The largest absolute Gasteiger partial charge is 0.469 e. The highest BCUT2D eigenvalue weighted by Crippen LogP contribution is 2.51. The number of hydrogen-bond acceptors (Lipinski definition) is 4. The van der Waals surface area contributed by atoms with Crippen LogP contribution in [0.4, 0.5) is 0 Å². The van der Waals surface area contributed by atoms with E-state index in [1.54, 1.807) is 0 Å². The van der Waals surface area contributed by atoms with Crippen molar-refractivity contribution < 1.29 is 19.1 Å². The van der Waals surface area contributed by atoms with Crippen LogP contribution in [0.3, 0.4) is 0 Å². The van der Waals surface area contributed by atoms with Crippen LogP contribution in [0, 0.1) is 23.2 Å². The molecule has 19 heavy (non-hydrogen) atoms. The smallest absolute Gasteiger partial charge is 0.309 e.